The maximum Gasteiger partial charge on any atom is 0.270 e. The number of ether oxygens (including phenoxy) is 1. The first kappa shape index (κ1) is 60.4. The number of amides is 8. The summed E-state index contributed by atoms with van der Waals surface area (Å²) in [6.45, 7) is 0.297. The van der Waals surface area contributed by atoms with E-state index in [1.54, 1.807) is 56.0 Å². The third-order valence-corrected chi connectivity index (χ3v) is 10.6. The number of benzene rings is 3. The van der Waals surface area contributed by atoms with E-state index >= 15 is 0 Å². The molecular formula is C47H58N23O11+. The first-order valence-corrected chi connectivity index (χ1v) is 23.4. The molecule has 28 N–H and O–H groups in total. The number of oxazole rings is 1. The van der Waals surface area contributed by atoms with E-state index in [4.69, 9.17) is 66.5 Å². The molecular weight excluding hydrogens is 1060 g/mol. The highest BCUT2D eigenvalue weighted by Crippen LogP contribution is 2.27. The number of rotatable bonds is 25. The molecule has 5 rings (SSSR count). The lowest BCUT2D eigenvalue weighted by molar-refractivity contribution is -0.688. The second kappa shape index (κ2) is 28.1. The molecule has 0 saturated carbocycles. The number of hydrogen-bond acceptors (Lipinski definition) is 17. The zero-order valence-electron chi connectivity index (χ0n) is 42.6. The number of guanidine groups is 4. The molecule has 0 fully saturated rings. The van der Waals surface area contributed by atoms with Crippen molar-refractivity contribution in [2.45, 2.75) is 49.6 Å². The van der Waals surface area contributed by atoms with Crippen LogP contribution in [0.3, 0.4) is 0 Å². The monoisotopic (exact) mass is 1120 g/mol. The fourth-order valence-electron chi connectivity index (χ4n) is 6.85. The van der Waals surface area contributed by atoms with Crippen LogP contribution >= 0.6 is 0 Å². The molecule has 34 heteroatoms. The first-order valence-electron chi connectivity index (χ1n) is 23.4. The predicted octanol–water partition coefficient (Wildman–Crippen LogP) is -7.99. The molecule has 0 aliphatic heterocycles. The summed E-state index contributed by atoms with van der Waals surface area (Å²) in [6.07, 6.45) is -7.49. The zero-order chi connectivity index (χ0) is 59.5. The van der Waals surface area contributed by atoms with E-state index in [1.165, 1.54) is 36.4 Å². The van der Waals surface area contributed by atoms with Crippen molar-refractivity contribution in [3.05, 3.63) is 126 Å². The van der Waals surface area contributed by atoms with Gasteiger partial charge in [-0.3, -0.25) is 38.4 Å². The van der Waals surface area contributed by atoms with E-state index in [0.29, 0.717) is 35.1 Å². The topological polar surface area (TPSA) is 590 Å². The number of nitrogens with two attached hydrogens (primary N) is 10. The Labute approximate surface area is 458 Å². The van der Waals surface area contributed by atoms with Gasteiger partial charge in [0.2, 0.25) is 42.7 Å². The van der Waals surface area contributed by atoms with Crippen molar-refractivity contribution in [2.24, 2.45) is 77.3 Å². The molecule has 5 aromatic rings. The van der Waals surface area contributed by atoms with E-state index in [9.17, 15) is 43.5 Å². The van der Waals surface area contributed by atoms with Gasteiger partial charge in [-0.05, 0) is 42.0 Å². The van der Waals surface area contributed by atoms with Gasteiger partial charge in [-0.2, -0.15) is 0 Å². The first-order chi connectivity index (χ1) is 38.4. The molecule has 0 aliphatic rings. The maximum atomic E-state index is 14.1. The van der Waals surface area contributed by atoms with Gasteiger partial charge >= 0.3 is 0 Å². The van der Waals surface area contributed by atoms with Crippen LogP contribution in [0.25, 0.3) is 22.8 Å². The van der Waals surface area contributed by atoms with E-state index in [2.05, 4.69) is 40.9 Å². The minimum Gasteiger partial charge on any atom is -0.497 e. The van der Waals surface area contributed by atoms with Gasteiger partial charge in [0.15, 0.2) is 54.7 Å². The summed E-state index contributed by atoms with van der Waals surface area (Å²) >= 11 is 0. The van der Waals surface area contributed by atoms with Crippen LogP contribution in [0, 0.1) is 0 Å². The van der Waals surface area contributed by atoms with Gasteiger partial charge in [0.25, 0.3) is 41.4 Å². The number of aliphatic imine (C=N–C) groups is 4. The number of carbonyl (C=O) groups is 8. The molecule has 2 heterocycles. The summed E-state index contributed by atoms with van der Waals surface area (Å²) < 4.78 is 13.0. The van der Waals surface area contributed by atoms with Crippen molar-refractivity contribution in [2.75, 3.05) is 7.11 Å². The van der Waals surface area contributed by atoms with E-state index < -0.39 is 114 Å². The summed E-state index contributed by atoms with van der Waals surface area (Å²) in [6, 6.07) is 22.8. The van der Waals surface area contributed by atoms with Gasteiger partial charge < -0.3 is 109 Å². The standard InChI is InChI=1S/C47H57N23O11/c1-80-26-12-10-22(11-13-26)27-19-58-43(81-27)24-14-16-70(17-15-24)20-21-6-5-9-25(18-21)35(72)69-42(79)41(78)59-28(23-7-3-2-4-8-23)36(73)61-32(66-45(52)53)38(75)63-34(68-47(56)57)40(77)64-33(67-46(54)55)39(76)62-31(65-44(50)51)37(74)60-29(48)30(49)71/h2-19,28-29,31-34,42,79H,20,48H2,1H3,(H24-,49,50,51,52,53,54,55,56,57,59,60,61,62,63,64,65,66,67,68,69,71,72,73,74,75,76,77,78)/p+1. The number of primary amides is 1. The number of nitrogens with one attached hydrogen (secondary N) is 7. The number of pyridine rings is 1. The quantitative estimate of drug-likeness (QED) is 0.0112. The van der Waals surface area contributed by atoms with E-state index in [0.717, 1.165) is 5.56 Å². The van der Waals surface area contributed by atoms with E-state index in [-0.39, 0.29) is 11.1 Å². The smallest absolute Gasteiger partial charge is 0.270 e. The number of carbonyl (C=O) groups excluding carboxylic acids is 8. The van der Waals surface area contributed by atoms with Gasteiger partial charge in [-0.25, -0.2) is 29.5 Å². The summed E-state index contributed by atoms with van der Waals surface area (Å²) in [5.41, 5.74) is 56.7. The molecule has 81 heavy (non-hydrogen) atoms. The number of aromatic nitrogens is 2. The summed E-state index contributed by atoms with van der Waals surface area (Å²) in [7, 11) is 1.58. The molecule has 8 amide bonds. The molecule has 34 nitrogen and oxygen atoms in total. The molecule has 0 saturated heterocycles. The highest BCUT2D eigenvalue weighted by molar-refractivity contribution is 6.00. The van der Waals surface area contributed by atoms with E-state index in [1.807, 2.05) is 50.1 Å². The number of aliphatic hydroxyl groups is 1. The van der Waals surface area contributed by atoms with Crippen LogP contribution < -0.4 is 104 Å². The number of aliphatic hydroxyl groups excluding tert-OH is 1. The number of nitrogens with zero attached hydrogens (tertiary/aromatic N) is 6. The van der Waals surface area contributed by atoms with Gasteiger partial charge in [0, 0.05) is 34.4 Å². The largest absolute Gasteiger partial charge is 0.497 e. The highest BCUT2D eigenvalue weighted by atomic mass is 16.5. The van der Waals surface area contributed by atoms with Gasteiger partial charge in [0.1, 0.15) is 11.8 Å². The molecule has 0 spiro atoms. The third-order valence-electron chi connectivity index (χ3n) is 10.6. The zero-order valence-corrected chi connectivity index (χ0v) is 42.6. The SMILES string of the molecule is COc1ccc(-c2cnc(-c3cc[n+](Cc4cccc(C(=O)NC(O)C(=O)NC(C(=O)NC(N=C(N)N)C(=O)NC(N=C(N)N)C(=O)NC(N=C(N)N)C(=O)NC(N=C(N)N)C(=O)NC(N)C(N)=O)c5ccccc5)c4)cc3)o2)cc1. The van der Waals surface area contributed by atoms with Crippen molar-refractivity contribution in [3.8, 4) is 28.5 Å². The Hall–Kier alpha value is -11.4. The number of methoxy groups -OCH3 is 1. The summed E-state index contributed by atoms with van der Waals surface area (Å²) in [4.78, 5) is 125. The molecule has 0 radical (unpaired) electrons. The third kappa shape index (κ3) is 18.1. The molecule has 7 atom stereocenters. The fourth-order valence-corrected chi connectivity index (χ4v) is 6.85. The van der Waals surface area contributed by atoms with Crippen LogP contribution in [0.1, 0.15) is 27.5 Å². The molecule has 0 bridgehead atoms. The second-order valence-electron chi connectivity index (χ2n) is 16.7. The van der Waals surface area contributed by atoms with Crippen LogP contribution in [-0.4, -0.2) is 125 Å². The summed E-state index contributed by atoms with van der Waals surface area (Å²) in [5, 5.41) is 25.6. The predicted molar refractivity (Wildman–Crippen MR) is 287 cm³/mol. The lowest BCUT2D eigenvalue weighted by atomic mass is 10.1. The molecule has 3 aromatic carbocycles. The average Bonchev–Trinajstić information content (AvgIpc) is 3.96. The Morgan fingerprint density at radius 3 is 1.56 bits per heavy atom. The van der Waals surface area contributed by atoms with Gasteiger partial charge in [0.05, 0.1) is 13.3 Å². The fraction of sp³-hybridized carbons (Fsp3) is 0.191. The maximum absolute atomic E-state index is 14.1. The average molecular weight is 1120 g/mol. The molecule has 2 aromatic heterocycles. The Morgan fingerprint density at radius 2 is 1.07 bits per heavy atom. The van der Waals surface area contributed by atoms with Crippen molar-refractivity contribution < 1.29 is 57.2 Å². The van der Waals surface area contributed by atoms with Crippen LogP contribution in [0.4, 0.5) is 0 Å². The Balaban J connectivity index is 1.26. The molecule has 0 aliphatic carbocycles. The molecule has 426 valence electrons. The van der Waals surface area contributed by atoms with Gasteiger partial charge in [-0.15, -0.1) is 0 Å². The Bertz CT molecular complexity index is 3210. The number of hydrogen-bond donors (Lipinski definition) is 18. The normalized spacial score (nSPS) is 13.2. The van der Waals surface area contributed by atoms with Crippen molar-refractivity contribution in [1.82, 2.24) is 42.2 Å². The second-order valence-corrected chi connectivity index (χ2v) is 16.7. The van der Waals surface area contributed by atoms with Crippen molar-refractivity contribution >= 4 is 71.1 Å². The van der Waals surface area contributed by atoms with Crippen LogP contribution in [0.15, 0.2) is 134 Å². The minimum atomic E-state index is -2.27. The minimum absolute atomic E-state index is 0.0541. The van der Waals surface area contributed by atoms with Gasteiger partial charge in [-0.1, -0.05) is 42.5 Å². The molecule has 7 unspecified atom stereocenters. The van der Waals surface area contributed by atoms with Crippen molar-refractivity contribution in [1.29, 1.82) is 0 Å². The highest BCUT2D eigenvalue weighted by Gasteiger charge is 2.34. The van der Waals surface area contributed by atoms with Crippen LogP contribution in [0.2, 0.25) is 0 Å². The van der Waals surface area contributed by atoms with Crippen LogP contribution in [-0.2, 0) is 40.1 Å². The Kier molecular flexibility index (Phi) is 21.0. The lowest BCUT2D eigenvalue weighted by Gasteiger charge is -2.24. The van der Waals surface area contributed by atoms with Crippen LogP contribution in [0.5, 0.6) is 5.75 Å². The lowest BCUT2D eigenvalue weighted by Crippen LogP contribution is -2.60. The van der Waals surface area contributed by atoms with Crippen molar-refractivity contribution in [3.63, 3.8) is 0 Å². The summed E-state index contributed by atoms with van der Waals surface area (Å²) in [5.74, 6) is -11.7. The Morgan fingerprint density at radius 1 is 0.580 bits per heavy atom.